The van der Waals surface area contributed by atoms with Gasteiger partial charge in [0.05, 0.1) is 30.3 Å². The Kier molecular flexibility index (Phi) is 4.72. The van der Waals surface area contributed by atoms with Crippen molar-refractivity contribution in [2.24, 2.45) is 0 Å². The number of hydrogen-bond acceptors (Lipinski definition) is 6. The Balaban J connectivity index is 1.84. The molecule has 1 aromatic carbocycles. The van der Waals surface area contributed by atoms with Gasteiger partial charge in [0.1, 0.15) is 17.8 Å². The zero-order valence-corrected chi connectivity index (χ0v) is 15.6. The summed E-state index contributed by atoms with van der Waals surface area (Å²) in [4.78, 5) is 21.1. The number of nitrogens with zero attached hydrogens (tertiary/aromatic N) is 4. The lowest BCUT2D eigenvalue weighted by molar-refractivity contribution is 0.393. The normalized spacial score (nSPS) is 10.8. The lowest BCUT2D eigenvalue weighted by Crippen LogP contribution is -2.23. The van der Waals surface area contributed by atoms with E-state index in [1.807, 2.05) is 56.4 Å². The van der Waals surface area contributed by atoms with Crippen LogP contribution in [-0.4, -0.2) is 19.7 Å². The molecule has 0 saturated heterocycles. The second-order valence-electron chi connectivity index (χ2n) is 6.51. The molecule has 0 bridgehead atoms. The minimum atomic E-state index is -0.136. The highest BCUT2D eigenvalue weighted by molar-refractivity contribution is 5.72. The summed E-state index contributed by atoms with van der Waals surface area (Å²) in [5.74, 6) is 0.705. The molecule has 4 aromatic rings. The maximum atomic E-state index is 13.1. The Morgan fingerprint density at radius 1 is 1.11 bits per heavy atom. The van der Waals surface area contributed by atoms with Gasteiger partial charge in [0.15, 0.2) is 0 Å². The van der Waals surface area contributed by atoms with E-state index in [9.17, 15) is 4.79 Å². The number of anilines is 2. The van der Waals surface area contributed by atoms with Crippen molar-refractivity contribution in [3.63, 3.8) is 0 Å². The van der Waals surface area contributed by atoms with Crippen LogP contribution in [0, 0.1) is 13.8 Å². The van der Waals surface area contributed by atoms with Gasteiger partial charge in [-0.1, -0.05) is 35.5 Å². The van der Waals surface area contributed by atoms with Gasteiger partial charge in [-0.3, -0.25) is 4.79 Å². The van der Waals surface area contributed by atoms with Crippen LogP contribution in [-0.2, 0) is 6.54 Å². The van der Waals surface area contributed by atoms with Gasteiger partial charge >= 0.3 is 0 Å². The number of pyridine rings is 1. The zero-order chi connectivity index (χ0) is 19.5. The quantitative estimate of drug-likeness (QED) is 0.574. The van der Waals surface area contributed by atoms with E-state index in [0.29, 0.717) is 23.7 Å². The first-order valence-electron chi connectivity index (χ1n) is 8.85. The van der Waals surface area contributed by atoms with Crippen molar-refractivity contribution in [1.82, 2.24) is 19.7 Å². The van der Waals surface area contributed by atoms with Crippen LogP contribution >= 0.6 is 0 Å². The van der Waals surface area contributed by atoms with Crippen LogP contribution in [0.3, 0.4) is 0 Å². The lowest BCUT2D eigenvalue weighted by Gasteiger charge is -2.13. The number of aryl methyl sites for hydroxylation is 2. The van der Waals surface area contributed by atoms with Gasteiger partial charge in [-0.25, -0.2) is 9.97 Å². The van der Waals surface area contributed by atoms with Crippen LogP contribution < -0.4 is 10.9 Å². The second kappa shape index (κ2) is 7.48. The van der Waals surface area contributed by atoms with E-state index in [1.165, 1.54) is 6.33 Å². The Labute approximate surface area is 161 Å². The summed E-state index contributed by atoms with van der Waals surface area (Å²) in [6.07, 6.45) is 6.53. The molecule has 0 aliphatic heterocycles. The highest BCUT2D eigenvalue weighted by atomic mass is 16.5. The second-order valence-corrected chi connectivity index (χ2v) is 6.51. The fourth-order valence-electron chi connectivity index (χ4n) is 3.17. The molecule has 0 amide bonds. The predicted octanol–water partition coefficient (Wildman–Crippen LogP) is 3.70. The van der Waals surface area contributed by atoms with Crippen molar-refractivity contribution in [1.29, 1.82) is 0 Å². The number of rotatable bonds is 5. The number of nitrogens with one attached hydrogen (secondary N) is 1. The van der Waals surface area contributed by atoms with Gasteiger partial charge in [-0.05, 0) is 25.5 Å². The van der Waals surface area contributed by atoms with E-state index >= 15 is 0 Å². The summed E-state index contributed by atoms with van der Waals surface area (Å²) in [7, 11) is 0. The van der Waals surface area contributed by atoms with E-state index in [2.05, 4.69) is 20.4 Å². The van der Waals surface area contributed by atoms with Crippen LogP contribution in [0.15, 0.2) is 70.6 Å². The van der Waals surface area contributed by atoms with E-state index in [0.717, 1.165) is 22.4 Å². The Morgan fingerprint density at radius 2 is 1.86 bits per heavy atom. The van der Waals surface area contributed by atoms with Crippen molar-refractivity contribution >= 4 is 11.4 Å². The molecule has 0 fully saturated rings. The van der Waals surface area contributed by atoms with Crippen molar-refractivity contribution in [2.75, 3.05) is 5.32 Å². The van der Waals surface area contributed by atoms with Crippen LogP contribution in [0.4, 0.5) is 11.4 Å². The van der Waals surface area contributed by atoms with Crippen LogP contribution in [0.2, 0.25) is 0 Å². The Bertz CT molecular complexity index is 1070. The third-order valence-corrected chi connectivity index (χ3v) is 4.44. The first kappa shape index (κ1) is 17.7. The standard InChI is InChI=1S/C21H19N5O2/c1-14-20(15(2)28-25-14)17-8-19(24-18-9-22-13-23-10-18)21(27)26(12-17)11-16-6-4-3-5-7-16/h3-10,12-13,24H,11H2,1-2H3. The molecule has 28 heavy (non-hydrogen) atoms. The topological polar surface area (TPSA) is 85.8 Å². The molecule has 0 unspecified atom stereocenters. The van der Waals surface area contributed by atoms with Crippen LogP contribution in [0.5, 0.6) is 0 Å². The average molecular weight is 373 g/mol. The summed E-state index contributed by atoms with van der Waals surface area (Å²) >= 11 is 0. The Hall–Kier alpha value is -3.74. The fraction of sp³-hybridized carbons (Fsp3) is 0.143. The smallest absolute Gasteiger partial charge is 0.274 e. The van der Waals surface area contributed by atoms with Gasteiger partial charge in [0.25, 0.3) is 5.56 Å². The Morgan fingerprint density at radius 3 is 2.54 bits per heavy atom. The molecule has 7 heteroatoms. The molecule has 140 valence electrons. The van der Waals surface area contributed by atoms with Crippen molar-refractivity contribution < 1.29 is 4.52 Å². The van der Waals surface area contributed by atoms with Crippen molar-refractivity contribution in [2.45, 2.75) is 20.4 Å². The third kappa shape index (κ3) is 3.55. The van der Waals surface area contributed by atoms with E-state index in [4.69, 9.17) is 4.52 Å². The predicted molar refractivity (Wildman–Crippen MR) is 107 cm³/mol. The summed E-state index contributed by atoms with van der Waals surface area (Å²) in [6.45, 7) is 4.20. The maximum absolute atomic E-state index is 13.1. The molecule has 7 nitrogen and oxygen atoms in total. The fourth-order valence-corrected chi connectivity index (χ4v) is 3.17. The maximum Gasteiger partial charge on any atom is 0.274 e. The summed E-state index contributed by atoms with van der Waals surface area (Å²) in [5.41, 5.74) is 4.49. The molecular weight excluding hydrogens is 354 g/mol. The number of benzene rings is 1. The summed E-state index contributed by atoms with van der Waals surface area (Å²) in [5, 5.41) is 7.17. The summed E-state index contributed by atoms with van der Waals surface area (Å²) in [6, 6.07) is 11.7. The van der Waals surface area contributed by atoms with E-state index in [1.54, 1.807) is 17.0 Å². The molecule has 3 heterocycles. The SMILES string of the molecule is Cc1noc(C)c1-c1cc(Nc2cncnc2)c(=O)n(Cc2ccccc2)c1. The molecule has 0 saturated carbocycles. The largest absolute Gasteiger partial charge is 0.361 e. The third-order valence-electron chi connectivity index (χ3n) is 4.44. The molecule has 0 aliphatic carbocycles. The van der Waals surface area contributed by atoms with Crippen molar-refractivity contribution in [3.05, 3.63) is 88.7 Å². The van der Waals surface area contributed by atoms with E-state index in [-0.39, 0.29) is 5.56 Å². The minimum absolute atomic E-state index is 0.136. The summed E-state index contributed by atoms with van der Waals surface area (Å²) < 4.78 is 7.00. The molecule has 3 aromatic heterocycles. The number of hydrogen-bond donors (Lipinski definition) is 1. The highest BCUT2D eigenvalue weighted by Gasteiger charge is 2.16. The van der Waals surface area contributed by atoms with E-state index < -0.39 is 0 Å². The van der Waals surface area contributed by atoms with Gasteiger partial charge in [0, 0.05) is 17.3 Å². The van der Waals surface area contributed by atoms with Crippen molar-refractivity contribution in [3.8, 4) is 11.1 Å². The van der Waals surface area contributed by atoms with Gasteiger partial charge < -0.3 is 14.4 Å². The van der Waals surface area contributed by atoms with Gasteiger partial charge in [-0.15, -0.1) is 0 Å². The molecule has 1 N–H and O–H groups in total. The highest BCUT2D eigenvalue weighted by Crippen LogP contribution is 2.28. The van der Waals surface area contributed by atoms with Crippen LogP contribution in [0.25, 0.3) is 11.1 Å². The van der Waals surface area contributed by atoms with Gasteiger partial charge in [-0.2, -0.15) is 0 Å². The molecule has 0 aliphatic rings. The monoisotopic (exact) mass is 373 g/mol. The first-order chi connectivity index (χ1) is 13.6. The molecule has 0 atom stereocenters. The van der Waals surface area contributed by atoms with Gasteiger partial charge in [0.2, 0.25) is 0 Å². The molecular formula is C21H19N5O2. The molecule has 4 rings (SSSR count). The lowest BCUT2D eigenvalue weighted by atomic mass is 10.1. The van der Waals surface area contributed by atoms with Crippen LogP contribution in [0.1, 0.15) is 17.0 Å². The average Bonchev–Trinajstić information content (AvgIpc) is 3.05. The number of aromatic nitrogens is 4. The molecule has 0 spiro atoms. The zero-order valence-electron chi connectivity index (χ0n) is 15.6. The molecule has 0 radical (unpaired) electrons. The minimum Gasteiger partial charge on any atom is -0.361 e. The first-order valence-corrected chi connectivity index (χ1v) is 8.85.